The standard InChI is InChI=1S/C29H35N3O9.Na/c1-7-16-14-29(16,26(36)39-8-2)31-24(33)22-12-18(15-32(22)27(37)41-28(3,4)5)40-23-13-21(25(34)35)30-20-11-17(38-6)9-10-19(20)23;/h7,9-11,13,16,18,22H,1,8,12,14-15H2,2-6H3,(H,31,33)(H,34,35);/q;+1/p-1/t16-,18-,22+,29-;/m1./s1. The van der Waals surface area contributed by atoms with Gasteiger partial charge in [0, 0.05) is 29.9 Å². The van der Waals surface area contributed by atoms with Crippen LogP contribution in [-0.2, 0) is 19.1 Å². The van der Waals surface area contributed by atoms with Crippen molar-refractivity contribution in [2.75, 3.05) is 20.3 Å². The van der Waals surface area contributed by atoms with Crippen LogP contribution >= 0.6 is 0 Å². The summed E-state index contributed by atoms with van der Waals surface area (Å²) in [5, 5.41) is 15.0. The molecule has 2 aliphatic rings. The summed E-state index contributed by atoms with van der Waals surface area (Å²) >= 11 is 0. The van der Waals surface area contributed by atoms with Crippen LogP contribution in [0.2, 0.25) is 0 Å². The van der Waals surface area contributed by atoms with Crippen LogP contribution in [0.25, 0.3) is 10.9 Å². The molecule has 1 saturated carbocycles. The monoisotopic (exact) mass is 591 g/mol. The first-order valence-corrected chi connectivity index (χ1v) is 13.3. The van der Waals surface area contributed by atoms with Gasteiger partial charge in [0.25, 0.3) is 0 Å². The normalized spacial score (nSPS) is 22.9. The first kappa shape index (κ1) is 33.2. The predicted molar refractivity (Wildman–Crippen MR) is 144 cm³/mol. The molecular formula is C29H34N3NaO9. The number of hydrogen-bond acceptors (Lipinski definition) is 10. The number of esters is 1. The Morgan fingerprint density at radius 1 is 1.24 bits per heavy atom. The van der Waals surface area contributed by atoms with E-state index in [0.29, 0.717) is 23.1 Å². The minimum atomic E-state index is -1.50. The number of carboxylic acids is 1. The topological polar surface area (TPSA) is 156 Å². The maximum Gasteiger partial charge on any atom is 1.00 e. The molecule has 42 heavy (non-hydrogen) atoms. The number of hydrogen-bond donors (Lipinski definition) is 1. The van der Waals surface area contributed by atoms with Gasteiger partial charge in [-0.25, -0.2) is 14.6 Å². The second-order valence-electron chi connectivity index (χ2n) is 11.0. The third-order valence-electron chi connectivity index (χ3n) is 6.96. The van der Waals surface area contributed by atoms with Crippen LogP contribution in [0.3, 0.4) is 0 Å². The zero-order valence-electron chi connectivity index (χ0n) is 24.7. The van der Waals surface area contributed by atoms with E-state index in [-0.39, 0.29) is 66.5 Å². The molecule has 0 radical (unpaired) electrons. The first-order chi connectivity index (χ1) is 19.3. The number of likely N-dealkylation sites (tertiary alicyclic amines) is 1. The summed E-state index contributed by atoms with van der Waals surface area (Å²) in [5.74, 6) is -2.29. The number of aromatic nitrogens is 1. The quantitative estimate of drug-likeness (QED) is 0.218. The molecule has 2 aromatic rings. The molecule has 0 spiro atoms. The summed E-state index contributed by atoms with van der Waals surface area (Å²) < 4.78 is 22.2. The fourth-order valence-electron chi connectivity index (χ4n) is 4.90. The average Bonchev–Trinajstić information content (AvgIpc) is 3.46. The Morgan fingerprint density at radius 2 is 1.95 bits per heavy atom. The Labute approximate surface area is 266 Å². The number of benzene rings is 1. The Hall–Kier alpha value is -3.35. The maximum absolute atomic E-state index is 13.6. The molecule has 0 bridgehead atoms. The molecule has 2 heterocycles. The van der Waals surface area contributed by atoms with Crippen LogP contribution in [0.4, 0.5) is 4.79 Å². The molecule has 2 amide bonds. The number of carboxylic acid groups (broad SMARTS) is 1. The molecule has 220 valence electrons. The van der Waals surface area contributed by atoms with Crippen molar-refractivity contribution in [3.8, 4) is 11.5 Å². The second kappa shape index (κ2) is 12.9. The van der Waals surface area contributed by atoms with Gasteiger partial charge in [-0.15, -0.1) is 6.58 Å². The van der Waals surface area contributed by atoms with Crippen LogP contribution in [0.15, 0.2) is 36.9 Å². The van der Waals surface area contributed by atoms with Gasteiger partial charge in [0.15, 0.2) is 0 Å². The van der Waals surface area contributed by atoms with E-state index in [9.17, 15) is 24.3 Å². The van der Waals surface area contributed by atoms with Crippen molar-refractivity contribution in [2.45, 2.75) is 63.8 Å². The van der Waals surface area contributed by atoms with E-state index in [1.807, 2.05) is 0 Å². The Kier molecular flexibility index (Phi) is 10.2. The molecule has 1 aliphatic carbocycles. The number of methoxy groups -OCH3 is 1. The van der Waals surface area contributed by atoms with Gasteiger partial charge in [0.1, 0.15) is 34.8 Å². The first-order valence-electron chi connectivity index (χ1n) is 13.3. The summed E-state index contributed by atoms with van der Waals surface area (Å²) in [6, 6.07) is 5.11. The molecule has 4 atom stereocenters. The minimum absolute atomic E-state index is 0. The third kappa shape index (κ3) is 6.99. The predicted octanol–water partition coefficient (Wildman–Crippen LogP) is -1.01. The van der Waals surface area contributed by atoms with Crippen molar-refractivity contribution >= 4 is 34.8 Å². The molecule has 4 rings (SSSR count). The van der Waals surface area contributed by atoms with Crippen LogP contribution in [0.5, 0.6) is 11.5 Å². The van der Waals surface area contributed by atoms with Crippen molar-refractivity contribution < 1.29 is 72.8 Å². The average molecular weight is 592 g/mol. The number of carbonyl (C=O) groups is 4. The number of ether oxygens (including phenoxy) is 4. The van der Waals surface area contributed by atoms with Gasteiger partial charge in [-0.1, -0.05) is 6.08 Å². The van der Waals surface area contributed by atoms with Gasteiger partial charge in [-0.05, 0) is 46.2 Å². The smallest absolute Gasteiger partial charge is 0.543 e. The summed E-state index contributed by atoms with van der Waals surface area (Å²) in [7, 11) is 1.47. The van der Waals surface area contributed by atoms with E-state index in [4.69, 9.17) is 18.9 Å². The zero-order chi connectivity index (χ0) is 30.1. The largest absolute Gasteiger partial charge is 1.00 e. The Bertz CT molecular complexity index is 1390. The molecule has 1 aliphatic heterocycles. The zero-order valence-corrected chi connectivity index (χ0v) is 26.7. The van der Waals surface area contributed by atoms with E-state index in [0.717, 1.165) is 0 Å². The van der Waals surface area contributed by atoms with E-state index >= 15 is 0 Å². The summed E-state index contributed by atoms with van der Waals surface area (Å²) in [4.78, 5) is 56.6. The van der Waals surface area contributed by atoms with E-state index in [1.54, 1.807) is 52.0 Å². The Balaban J connectivity index is 0.00000484. The van der Waals surface area contributed by atoms with E-state index in [1.165, 1.54) is 18.1 Å². The summed E-state index contributed by atoms with van der Waals surface area (Å²) in [5.41, 5.74) is -2.13. The van der Waals surface area contributed by atoms with Crippen molar-refractivity contribution in [3.05, 3.63) is 42.6 Å². The van der Waals surface area contributed by atoms with Crippen molar-refractivity contribution in [1.29, 1.82) is 0 Å². The number of rotatable bonds is 9. The van der Waals surface area contributed by atoms with Gasteiger partial charge in [0.2, 0.25) is 5.91 Å². The van der Waals surface area contributed by atoms with Gasteiger partial charge < -0.3 is 34.2 Å². The summed E-state index contributed by atoms with van der Waals surface area (Å²) in [6.45, 7) is 10.6. The van der Waals surface area contributed by atoms with Crippen LogP contribution < -0.4 is 49.5 Å². The fraction of sp³-hybridized carbons (Fsp3) is 0.483. The van der Waals surface area contributed by atoms with Gasteiger partial charge in [0.05, 0.1) is 37.4 Å². The van der Waals surface area contributed by atoms with Crippen LogP contribution in [0.1, 0.15) is 51.0 Å². The number of carbonyl (C=O) groups excluding carboxylic acids is 4. The molecule has 2 fully saturated rings. The second-order valence-corrected chi connectivity index (χ2v) is 11.0. The molecule has 1 saturated heterocycles. The summed E-state index contributed by atoms with van der Waals surface area (Å²) in [6.07, 6.45) is 0.502. The fourth-order valence-corrected chi connectivity index (χ4v) is 4.90. The van der Waals surface area contributed by atoms with E-state index in [2.05, 4.69) is 16.9 Å². The number of nitrogens with one attached hydrogen (secondary N) is 1. The van der Waals surface area contributed by atoms with Gasteiger partial charge >= 0.3 is 41.6 Å². The third-order valence-corrected chi connectivity index (χ3v) is 6.96. The van der Waals surface area contributed by atoms with Crippen LogP contribution in [-0.4, -0.2) is 77.4 Å². The molecule has 13 heteroatoms. The van der Waals surface area contributed by atoms with E-state index < -0.39 is 47.2 Å². The van der Waals surface area contributed by atoms with Gasteiger partial charge in [-0.2, -0.15) is 0 Å². The van der Waals surface area contributed by atoms with Crippen LogP contribution in [0, 0.1) is 5.92 Å². The van der Waals surface area contributed by atoms with Crippen molar-refractivity contribution in [1.82, 2.24) is 15.2 Å². The minimum Gasteiger partial charge on any atom is -0.543 e. The molecule has 0 unspecified atom stereocenters. The van der Waals surface area contributed by atoms with Crippen molar-refractivity contribution in [3.63, 3.8) is 0 Å². The molecule has 12 nitrogen and oxygen atoms in total. The number of amides is 2. The molecular weight excluding hydrogens is 557 g/mol. The molecule has 1 aromatic carbocycles. The number of pyridine rings is 1. The Morgan fingerprint density at radius 3 is 2.52 bits per heavy atom. The SMILES string of the molecule is C=C[C@@H]1C[C@]1(NC(=O)[C@@H]1C[C@@H](Oc2cc(C(=O)[O-])nc3cc(OC)ccc23)CN1C(=O)OC(C)(C)C)C(=O)OCC.[Na+]. The molecule has 1 N–H and O–H groups in total. The number of fused-ring (bicyclic) bond motifs is 1. The maximum atomic E-state index is 13.6. The number of aromatic carboxylic acids is 1. The number of nitrogens with zero attached hydrogens (tertiary/aromatic N) is 2. The van der Waals surface area contributed by atoms with Gasteiger partial charge in [-0.3, -0.25) is 9.69 Å². The van der Waals surface area contributed by atoms with Crippen molar-refractivity contribution in [2.24, 2.45) is 5.92 Å². The molecule has 1 aromatic heterocycles.